The highest BCUT2D eigenvalue weighted by Gasteiger charge is 2.28. The summed E-state index contributed by atoms with van der Waals surface area (Å²) in [7, 11) is 2.10. The van der Waals surface area contributed by atoms with Gasteiger partial charge in [-0.3, -0.25) is 4.79 Å². The Morgan fingerprint density at radius 2 is 2.25 bits per heavy atom. The van der Waals surface area contributed by atoms with Crippen molar-refractivity contribution in [3.05, 3.63) is 0 Å². The Labute approximate surface area is 73.4 Å². The van der Waals surface area contributed by atoms with Crippen molar-refractivity contribution >= 4 is 5.97 Å². The van der Waals surface area contributed by atoms with Crippen LogP contribution >= 0.6 is 0 Å². The fraction of sp³-hybridized carbons (Fsp3) is 0.889. The van der Waals surface area contributed by atoms with E-state index in [-0.39, 0.29) is 0 Å². The van der Waals surface area contributed by atoms with Crippen molar-refractivity contribution in [3.63, 3.8) is 0 Å². The summed E-state index contributed by atoms with van der Waals surface area (Å²) in [5.74, 6) is 0.626. The average Bonchev–Trinajstić information content (AvgIpc) is 1.94. The number of rotatable bonds is 4. The third-order valence-corrected chi connectivity index (χ3v) is 2.71. The lowest BCUT2D eigenvalue weighted by molar-refractivity contribution is -0.137. The molecular formula is C9H17NO2. The van der Waals surface area contributed by atoms with Gasteiger partial charge in [0.15, 0.2) is 0 Å². The highest BCUT2D eigenvalue weighted by atomic mass is 16.4. The van der Waals surface area contributed by atoms with E-state index >= 15 is 0 Å². The average molecular weight is 171 g/mol. The summed E-state index contributed by atoms with van der Waals surface area (Å²) in [6.45, 7) is 4.43. The van der Waals surface area contributed by atoms with Gasteiger partial charge in [0.05, 0.1) is 0 Å². The van der Waals surface area contributed by atoms with E-state index in [0.717, 1.165) is 25.4 Å². The summed E-state index contributed by atoms with van der Waals surface area (Å²) >= 11 is 0. The van der Waals surface area contributed by atoms with Gasteiger partial charge in [0.2, 0.25) is 0 Å². The molecule has 0 saturated carbocycles. The largest absolute Gasteiger partial charge is 0.481 e. The van der Waals surface area contributed by atoms with Crippen LogP contribution in [0.4, 0.5) is 0 Å². The quantitative estimate of drug-likeness (QED) is 0.687. The fourth-order valence-electron chi connectivity index (χ4n) is 1.69. The molecule has 1 N–H and O–H groups in total. The number of likely N-dealkylation sites (tertiary alicyclic amines) is 1. The zero-order valence-electron chi connectivity index (χ0n) is 7.79. The van der Waals surface area contributed by atoms with Gasteiger partial charge in [0.25, 0.3) is 0 Å². The van der Waals surface area contributed by atoms with E-state index in [1.165, 1.54) is 0 Å². The first-order valence-electron chi connectivity index (χ1n) is 4.50. The Morgan fingerprint density at radius 3 is 2.67 bits per heavy atom. The maximum atomic E-state index is 10.3. The topological polar surface area (TPSA) is 40.5 Å². The third-order valence-electron chi connectivity index (χ3n) is 2.71. The number of carboxylic acid groups (broad SMARTS) is 1. The molecule has 3 heteroatoms. The summed E-state index contributed by atoms with van der Waals surface area (Å²) in [6.07, 6.45) is 1.15. The summed E-state index contributed by atoms with van der Waals surface area (Å²) < 4.78 is 0. The van der Waals surface area contributed by atoms with Crippen LogP contribution in [-0.2, 0) is 4.79 Å². The van der Waals surface area contributed by atoms with Crippen LogP contribution in [0.15, 0.2) is 0 Å². The second-order valence-corrected chi connectivity index (χ2v) is 3.89. The number of aliphatic carboxylic acids is 1. The van der Waals surface area contributed by atoms with Crippen LogP contribution in [0.2, 0.25) is 0 Å². The van der Waals surface area contributed by atoms with Gasteiger partial charge in [0.1, 0.15) is 0 Å². The summed E-state index contributed by atoms with van der Waals surface area (Å²) in [4.78, 5) is 12.6. The standard InChI is InChI=1S/C9H17NO2/c1-7(3-4-9(11)12)8-5-10(2)6-8/h7-8H,3-6H2,1-2H3,(H,11,12). The zero-order valence-corrected chi connectivity index (χ0v) is 7.79. The molecule has 3 nitrogen and oxygen atoms in total. The predicted molar refractivity (Wildman–Crippen MR) is 47.0 cm³/mol. The van der Waals surface area contributed by atoms with Crippen LogP contribution < -0.4 is 0 Å². The van der Waals surface area contributed by atoms with Crippen LogP contribution in [0.3, 0.4) is 0 Å². The van der Waals surface area contributed by atoms with E-state index in [1.807, 2.05) is 0 Å². The fourth-order valence-corrected chi connectivity index (χ4v) is 1.69. The van der Waals surface area contributed by atoms with E-state index < -0.39 is 5.97 Å². The minimum atomic E-state index is -0.672. The first-order valence-corrected chi connectivity index (χ1v) is 4.50. The Hall–Kier alpha value is -0.570. The van der Waals surface area contributed by atoms with E-state index in [4.69, 9.17) is 5.11 Å². The first-order chi connectivity index (χ1) is 5.59. The summed E-state index contributed by atoms with van der Waals surface area (Å²) in [6, 6.07) is 0. The van der Waals surface area contributed by atoms with Crippen molar-refractivity contribution < 1.29 is 9.90 Å². The summed E-state index contributed by atoms with van der Waals surface area (Å²) in [5.41, 5.74) is 0. The van der Waals surface area contributed by atoms with Crippen LogP contribution in [-0.4, -0.2) is 36.1 Å². The van der Waals surface area contributed by atoms with Gasteiger partial charge in [0, 0.05) is 19.5 Å². The van der Waals surface area contributed by atoms with Crippen molar-refractivity contribution in [3.8, 4) is 0 Å². The third kappa shape index (κ3) is 2.48. The van der Waals surface area contributed by atoms with E-state index in [1.54, 1.807) is 0 Å². The lowest BCUT2D eigenvalue weighted by Crippen LogP contribution is -2.46. The lowest BCUT2D eigenvalue weighted by Gasteiger charge is -2.40. The lowest BCUT2D eigenvalue weighted by atomic mass is 9.84. The SMILES string of the molecule is CC(CCC(=O)O)C1CN(C)C1. The molecular weight excluding hydrogens is 154 g/mol. The maximum absolute atomic E-state index is 10.3. The molecule has 1 unspecified atom stereocenters. The van der Waals surface area contributed by atoms with Crippen molar-refractivity contribution in [1.29, 1.82) is 0 Å². The molecule has 1 aliphatic rings. The molecule has 0 aromatic carbocycles. The zero-order chi connectivity index (χ0) is 9.14. The van der Waals surface area contributed by atoms with Gasteiger partial charge < -0.3 is 10.0 Å². The normalized spacial score (nSPS) is 21.8. The molecule has 0 spiro atoms. The number of nitrogens with zero attached hydrogens (tertiary/aromatic N) is 1. The first kappa shape index (κ1) is 9.52. The van der Waals surface area contributed by atoms with Crippen molar-refractivity contribution in [2.24, 2.45) is 11.8 Å². The van der Waals surface area contributed by atoms with Gasteiger partial charge >= 0.3 is 5.97 Å². The smallest absolute Gasteiger partial charge is 0.303 e. The number of carboxylic acids is 1. The molecule has 12 heavy (non-hydrogen) atoms. The Morgan fingerprint density at radius 1 is 1.67 bits per heavy atom. The van der Waals surface area contributed by atoms with Crippen molar-refractivity contribution in [2.75, 3.05) is 20.1 Å². The molecule has 1 fully saturated rings. The van der Waals surface area contributed by atoms with Gasteiger partial charge in [-0.15, -0.1) is 0 Å². The van der Waals surface area contributed by atoms with Crippen LogP contribution in [0.1, 0.15) is 19.8 Å². The van der Waals surface area contributed by atoms with Gasteiger partial charge in [-0.2, -0.15) is 0 Å². The summed E-state index contributed by atoms with van der Waals surface area (Å²) in [5, 5.41) is 8.48. The highest BCUT2D eigenvalue weighted by molar-refractivity contribution is 5.66. The Bertz CT molecular complexity index is 164. The molecule has 0 aromatic rings. The molecule has 0 aliphatic carbocycles. The molecule has 1 rings (SSSR count). The van der Waals surface area contributed by atoms with E-state index in [2.05, 4.69) is 18.9 Å². The second-order valence-electron chi connectivity index (χ2n) is 3.89. The molecule has 1 atom stereocenters. The molecule has 0 radical (unpaired) electrons. The Balaban J connectivity index is 2.12. The number of hydrogen-bond acceptors (Lipinski definition) is 2. The van der Waals surface area contributed by atoms with Crippen molar-refractivity contribution in [1.82, 2.24) is 4.90 Å². The van der Waals surface area contributed by atoms with Crippen LogP contribution in [0.25, 0.3) is 0 Å². The minimum Gasteiger partial charge on any atom is -0.481 e. The Kier molecular flexibility index (Phi) is 3.09. The van der Waals surface area contributed by atoms with E-state index in [9.17, 15) is 4.79 Å². The van der Waals surface area contributed by atoms with Gasteiger partial charge in [-0.05, 0) is 25.3 Å². The van der Waals surface area contributed by atoms with Crippen molar-refractivity contribution in [2.45, 2.75) is 19.8 Å². The van der Waals surface area contributed by atoms with Gasteiger partial charge in [-0.25, -0.2) is 0 Å². The second kappa shape index (κ2) is 3.90. The molecule has 0 amide bonds. The van der Waals surface area contributed by atoms with E-state index in [0.29, 0.717) is 12.3 Å². The number of carbonyl (C=O) groups is 1. The monoisotopic (exact) mass is 171 g/mol. The maximum Gasteiger partial charge on any atom is 0.303 e. The minimum absolute atomic E-state index is 0.321. The van der Waals surface area contributed by atoms with Gasteiger partial charge in [-0.1, -0.05) is 6.92 Å². The molecule has 0 bridgehead atoms. The number of hydrogen-bond donors (Lipinski definition) is 1. The molecule has 1 heterocycles. The van der Waals surface area contributed by atoms with Crippen LogP contribution in [0.5, 0.6) is 0 Å². The highest BCUT2D eigenvalue weighted by Crippen LogP contribution is 2.25. The molecule has 1 saturated heterocycles. The predicted octanol–water partition coefficient (Wildman–Crippen LogP) is 1.05. The van der Waals surface area contributed by atoms with Crippen LogP contribution in [0, 0.1) is 11.8 Å². The molecule has 0 aromatic heterocycles. The molecule has 70 valence electrons. The molecule has 1 aliphatic heterocycles.